The summed E-state index contributed by atoms with van der Waals surface area (Å²) >= 11 is 0. The normalized spacial score (nSPS) is 20.4. The van der Waals surface area contributed by atoms with Crippen LogP contribution in [0, 0.1) is 10.8 Å². The highest BCUT2D eigenvalue weighted by molar-refractivity contribution is 5.82. The first-order chi connectivity index (χ1) is 8.86. The first-order valence-corrected chi connectivity index (χ1v) is 7.67. The van der Waals surface area contributed by atoms with Gasteiger partial charge in [-0.3, -0.25) is 10.3 Å². The van der Waals surface area contributed by atoms with Gasteiger partial charge < -0.3 is 10.6 Å². The van der Waals surface area contributed by atoms with Crippen LogP contribution in [-0.4, -0.2) is 54.4 Å². The molecule has 4 heteroatoms. The number of amidine groups is 1. The van der Waals surface area contributed by atoms with Crippen LogP contribution in [0.3, 0.4) is 0 Å². The van der Waals surface area contributed by atoms with E-state index < -0.39 is 0 Å². The highest BCUT2D eigenvalue weighted by Crippen LogP contribution is 2.22. The van der Waals surface area contributed by atoms with E-state index in [9.17, 15) is 0 Å². The lowest BCUT2D eigenvalue weighted by Crippen LogP contribution is -2.49. The van der Waals surface area contributed by atoms with Crippen molar-refractivity contribution in [1.29, 1.82) is 5.41 Å². The maximum atomic E-state index is 7.57. The Labute approximate surface area is 118 Å². The number of rotatable bonds is 7. The molecule has 0 bridgehead atoms. The van der Waals surface area contributed by atoms with Crippen LogP contribution in [0.5, 0.6) is 0 Å². The molecular weight excluding hydrogens is 236 g/mol. The van der Waals surface area contributed by atoms with Gasteiger partial charge in [-0.05, 0) is 32.7 Å². The van der Waals surface area contributed by atoms with Gasteiger partial charge in [-0.25, -0.2) is 0 Å². The SMILES string of the molecule is CCC(C)N1CCN(CCCC(C)(C)C(=N)N)CC1. The molecule has 3 N–H and O–H groups in total. The second kappa shape index (κ2) is 7.25. The summed E-state index contributed by atoms with van der Waals surface area (Å²) in [7, 11) is 0. The lowest BCUT2D eigenvalue weighted by molar-refractivity contribution is 0.0983. The van der Waals surface area contributed by atoms with Crippen LogP contribution in [0.2, 0.25) is 0 Å². The van der Waals surface area contributed by atoms with Crippen LogP contribution in [0.25, 0.3) is 0 Å². The summed E-state index contributed by atoms with van der Waals surface area (Å²) in [6.45, 7) is 14.6. The molecule has 1 aliphatic heterocycles. The van der Waals surface area contributed by atoms with E-state index in [2.05, 4.69) is 37.5 Å². The molecule has 112 valence electrons. The largest absolute Gasteiger partial charge is 0.387 e. The number of hydrogen-bond donors (Lipinski definition) is 2. The number of piperazine rings is 1. The van der Waals surface area contributed by atoms with Crippen LogP contribution in [0.15, 0.2) is 0 Å². The monoisotopic (exact) mass is 268 g/mol. The Balaban J connectivity index is 2.22. The van der Waals surface area contributed by atoms with Gasteiger partial charge in [-0.15, -0.1) is 0 Å². The molecule has 0 spiro atoms. The molecule has 1 saturated heterocycles. The van der Waals surface area contributed by atoms with Crippen molar-refractivity contribution in [2.75, 3.05) is 32.7 Å². The Bertz CT molecular complexity index is 280. The second-order valence-electron chi connectivity index (χ2n) is 6.54. The zero-order valence-corrected chi connectivity index (χ0v) is 13.2. The van der Waals surface area contributed by atoms with Gasteiger partial charge in [0.1, 0.15) is 0 Å². The van der Waals surface area contributed by atoms with Crippen LogP contribution in [-0.2, 0) is 0 Å². The van der Waals surface area contributed by atoms with Crippen molar-refractivity contribution in [3.05, 3.63) is 0 Å². The van der Waals surface area contributed by atoms with Crippen molar-refractivity contribution in [2.24, 2.45) is 11.1 Å². The molecule has 0 aromatic heterocycles. The van der Waals surface area contributed by atoms with E-state index in [1.165, 1.54) is 32.6 Å². The van der Waals surface area contributed by atoms with Gasteiger partial charge in [-0.1, -0.05) is 20.8 Å². The molecule has 1 rings (SSSR count). The third-order valence-electron chi connectivity index (χ3n) is 4.63. The second-order valence-corrected chi connectivity index (χ2v) is 6.54. The van der Waals surface area contributed by atoms with Crippen molar-refractivity contribution in [3.63, 3.8) is 0 Å². The van der Waals surface area contributed by atoms with Gasteiger partial charge >= 0.3 is 0 Å². The van der Waals surface area contributed by atoms with Gasteiger partial charge in [0.15, 0.2) is 0 Å². The standard InChI is InChI=1S/C15H32N4/c1-5-13(2)19-11-9-18(10-12-19)8-6-7-15(3,4)14(16)17/h13H,5-12H2,1-4H3,(H3,16,17). The third kappa shape index (κ3) is 5.11. The molecule has 4 nitrogen and oxygen atoms in total. The van der Waals surface area contributed by atoms with Crippen molar-refractivity contribution in [3.8, 4) is 0 Å². The first-order valence-electron chi connectivity index (χ1n) is 7.67. The molecule has 1 unspecified atom stereocenters. The van der Waals surface area contributed by atoms with Crippen molar-refractivity contribution in [1.82, 2.24) is 9.80 Å². The molecule has 0 radical (unpaired) electrons. The fourth-order valence-corrected chi connectivity index (χ4v) is 2.57. The number of hydrogen-bond acceptors (Lipinski definition) is 3. The molecule has 1 aliphatic rings. The Morgan fingerprint density at radius 2 is 1.84 bits per heavy atom. The molecule has 0 aromatic rings. The average molecular weight is 268 g/mol. The van der Waals surface area contributed by atoms with Crippen LogP contribution in [0.1, 0.15) is 47.0 Å². The summed E-state index contributed by atoms with van der Waals surface area (Å²) in [6.07, 6.45) is 3.39. The molecule has 0 saturated carbocycles. The summed E-state index contributed by atoms with van der Waals surface area (Å²) < 4.78 is 0. The van der Waals surface area contributed by atoms with E-state index in [0.29, 0.717) is 5.84 Å². The highest BCUT2D eigenvalue weighted by Gasteiger charge is 2.23. The predicted molar refractivity (Wildman–Crippen MR) is 82.7 cm³/mol. The summed E-state index contributed by atoms with van der Waals surface area (Å²) in [4.78, 5) is 5.14. The lowest BCUT2D eigenvalue weighted by atomic mass is 9.86. The summed E-state index contributed by atoms with van der Waals surface area (Å²) in [6, 6.07) is 0.721. The molecule has 0 amide bonds. The van der Waals surface area contributed by atoms with Crippen molar-refractivity contribution < 1.29 is 0 Å². The Hall–Kier alpha value is -0.610. The van der Waals surface area contributed by atoms with Crippen LogP contribution < -0.4 is 5.73 Å². The van der Waals surface area contributed by atoms with Crippen molar-refractivity contribution >= 4 is 5.84 Å². The average Bonchev–Trinajstić information content (AvgIpc) is 2.38. The minimum Gasteiger partial charge on any atom is -0.387 e. The third-order valence-corrected chi connectivity index (χ3v) is 4.63. The minimum atomic E-state index is -0.140. The Morgan fingerprint density at radius 1 is 1.26 bits per heavy atom. The molecule has 1 heterocycles. The lowest BCUT2D eigenvalue weighted by Gasteiger charge is -2.38. The highest BCUT2D eigenvalue weighted by atomic mass is 15.3. The molecule has 19 heavy (non-hydrogen) atoms. The molecule has 1 fully saturated rings. The smallest absolute Gasteiger partial charge is 0.0963 e. The molecule has 0 aromatic carbocycles. The maximum absolute atomic E-state index is 7.57. The van der Waals surface area contributed by atoms with Gasteiger partial charge in [0.05, 0.1) is 5.84 Å². The van der Waals surface area contributed by atoms with E-state index in [1.807, 2.05) is 0 Å². The van der Waals surface area contributed by atoms with Gasteiger partial charge in [-0.2, -0.15) is 0 Å². The summed E-state index contributed by atoms with van der Waals surface area (Å²) in [5, 5.41) is 7.57. The number of nitrogens with two attached hydrogens (primary N) is 1. The van der Waals surface area contributed by atoms with Gasteiger partial charge in [0, 0.05) is 37.6 Å². The van der Waals surface area contributed by atoms with Gasteiger partial charge in [0.2, 0.25) is 0 Å². The van der Waals surface area contributed by atoms with Crippen molar-refractivity contribution in [2.45, 2.75) is 53.0 Å². The Morgan fingerprint density at radius 3 is 2.32 bits per heavy atom. The topological polar surface area (TPSA) is 56.4 Å². The maximum Gasteiger partial charge on any atom is 0.0963 e. The van der Waals surface area contributed by atoms with E-state index in [4.69, 9.17) is 11.1 Å². The van der Waals surface area contributed by atoms with Gasteiger partial charge in [0.25, 0.3) is 0 Å². The zero-order valence-electron chi connectivity index (χ0n) is 13.2. The predicted octanol–water partition coefficient (Wildman–Crippen LogP) is 2.14. The fourth-order valence-electron chi connectivity index (χ4n) is 2.57. The fraction of sp³-hybridized carbons (Fsp3) is 0.933. The van der Waals surface area contributed by atoms with E-state index in [-0.39, 0.29) is 5.41 Å². The first kappa shape index (κ1) is 16.4. The van der Waals surface area contributed by atoms with Crippen LogP contribution >= 0.6 is 0 Å². The summed E-state index contributed by atoms with van der Waals surface area (Å²) in [5.74, 6) is 0.314. The quantitative estimate of drug-likeness (QED) is 0.549. The molecule has 1 atom stereocenters. The van der Waals surface area contributed by atoms with Crippen LogP contribution in [0.4, 0.5) is 0 Å². The molecule has 0 aliphatic carbocycles. The minimum absolute atomic E-state index is 0.140. The molecular formula is C15H32N4. The number of nitrogens with one attached hydrogen (secondary N) is 1. The van der Waals surface area contributed by atoms with E-state index >= 15 is 0 Å². The van der Waals surface area contributed by atoms with E-state index in [1.54, 1.807) is 0 Å². The summed E-state index contributed by atoms with van der Waals surface area (Å²) in [5.41, 5.74) is 5.48. The Kier molecular flexibility index (Phi) is 6.27. The number of nitrogens with zero attached hydrogens (tertiary/aromatic N) is 2. The van der Waals surface area contributed by atoms with E-state index in [0.717, 1.165) is 25.4 Å². The zero-order chi connectivity index (χ0) is 14.5.